The number of anilines is 1. The highest BCUT2D eigenvalue weighted by molar-refractivity contribution is 5.83. The van der Waals surface area contributed by atoms with Crippen molar-refractivity contribution < 1.29 is 27.4 Å². The van der Waals surface area contributed by atoms with Gasteiger partial charge in [-0.15, -0.1) is 0 Å². The third-order valence-corrected chi connectivity index (χ3v) is 7.10. The van der Waals surface area contributed by atoms with Crippen LogP contribution in [0.3, 0.4) is 0 Å². The van der Waals surface area contributed by atoms with E-state index in [1.54, 1.807) is 12.0 Å². The molecule has 2 saturated heterocycles. The molecule has 0 radical (unpaired) electrons. The number of amides is 1. The summed E-state index contributed by atoms with van der Waals surface area (Å²) in [5.74, 6) is 0.170. The van der Waals surface area contributed by atoms with Crippen LogP contribution in [-0.4, -0.2) is 85.5 Å². The lowest BCUT2D eigenvalue weighted by Gasteiger charge is -2.39. The zero-order valence-corrected chi connectivity index (χ0v) is 19.1. The van der Waals surface area contributed by atoms with Crippen molar-refractivity contribution in [2.24, 2.45) is 5.41 Å². The first kappa shape index (κ1) is 24.2. The number of aromatic nitrogens is 2. The van der Waals surface area contributed by atoms with E-state index in [-0.39, 0.29) is 30.0 Å². The molecule has 33 heavy (non-hydrogen) atoms. The minimum absolute atomic E-state index is 0.0208. The molecule has 0 spiro atoms. The van der Waals surface area contributed by atoms with Crippen LogP contribution in [0, 0.1) is 5.41 Å². The average Bonchev–Trinajstić information content (AvgIpc) is 3.20. The van der Waals surface area contributed by atoms with Gasteiger partial charge in [-0.05, 0) is 31.7 Å². The van der Waals surface area contributed by atoms with Gasteiger partial charge in [-0.25, -0.2) is 9.97 Å². The summed E-state index contributed by atoms with van der Waals surface area (Å²) >= 11 is 0. The van der Waals surface area contributed by atoms with Crippen LogP contribution in [0.4, 0.5) is 19.1 Å². The zero-order valence-electron chi connectivity index (χ0n) is 19.1. The van der Waals surface area contributed by atoms with Crippen LogP contribution in [0.25, 0.3) is 0 Å². The van der Waals surface area contributed by atoms with Gasteiger partial charge in [0.2, 0.25) is 11.9 Å². The lowest BCUT2D eigenvalue weighted by atomic mass is 9.86. The Morgan fingerprint density at radius 1 is 1.27 bits per heavy atom. The maximum Gasteiger partial charge on any atom is 0.433 e. The predicted octanol–water partition coefficient (Wildman–Crippen LogP) is 2.10. The maximum absolute atomic E-state index is 13.4. The Kier molecular flexibility index (Phi) is 7.11. The van der Waals surface area contributed by atoms with Crippen LogP contribution >= 0.6 is 0 Å². The van der Waals surface area contributed by atoms with Crippen molar-refractivity contribution in [3.05, 3.63) is 18.0 Å². The number of halogens is 3. The summed E-state index contributed by atoms with van der Waals surface area (Å²) in [7, 11) is 1.69. The molecule has 0 aromatic carbocycles. The van der Waals surface area contributed by atoms with Gasteiger partial charge in [0.05, 0.1) is 12.7 Å². The molecule has 3 aliphatic rings. The van der Waals surface area contributed by atoms with E-state index < -0.39 is 17.3 Å². The molecule has 8 nitrogen and oxygen atoms in total. The summed E-state index contributed by atoms with van der Waals surface area (Å²) in [6.45, 7) is 5.01. The molecule has 1 aliphatic carbocycles. The van der Waals surface area contributed by atoms with Crippen LogP contribution in [0.5, 0.6) is 0 Å². The summed E-state index contributed by atoms with van der Waals surface area (Å²) in [5.41, 5.74) is -1.40. The van der Waals surface area contributed by atoms with Crippen LogP contribution in [-0.2, 0) is 20.4 Å². The van der Waals surface area contributed by atoms with Crippen molar-refractivity contribution in [1.82, 2.24) is 20.2 Å². The van der Waals surface area contributed by atoms with Gasteiger partial charge in [0.15, 0.2) is 0 Å². The lowest BCUT2D eigenvalue weighted by molar-refractivity contribution is -0.141. The first-order valence-electron chi connectivity index (χ1n) is 11.5. The summed E-state index contributed by atoms with van der Waals surface area (Å²) in [6, 6.07) is 1.34. The van der Waals surface area contributed by atoms with E-state index in [1.165, 1.54) is 0 Å². The third-order valence-electron chi connectivity index (χ3n) is 7.10. The van der Waals surface area contributed by atoms with E-state index in [9.17, 15) is 18.0 Å². The molecule has 1 aromatic heterocycles. The van der Waals surface area contributed by atoms with Crippen molar-refractivity contribution in [3.8, 4) is 0 Å². The van der Waals surface area contributed by atoms with Gasteiger partial charge in [-0.1, -0.05) is 6.92 Å². The number of alkyl halides is 3. The fourth-order valence-electron chi connectivity index (χ4n) is 5.16. The van der Waals surface area contributed by atoms with Gasteiger partial charge >= 0.3 is 6.18 Å². The standard InChI is InChI=1S/C22H32F3N5O3/c1-21(6-3-15(13-21)27-16-5-12-33-14-17(16)32-2)19(31)29-8-10-30(11-9-29)20-26-7-4-18(28-20)22(23,24)25/h4,7,15-17,27H,3,5-6,8-14H2,1-2H3/t15-,16-,17?,21+/m1/s1. The van der Waals surface area contributed by atoms with Crippen molar-refractivity contribution in [2.45, 2.75) is 57.0 Å². The van der Waals surface area contributed by atoms with E-state index in [4.69, 9.17) is 9.47 Å². The second-order valence-corrected chi connectivity index (χ2v) is 9.43. The van der Waals surface area contributed by atoms with E-state index >= 15 is 0 Å². The topological polar surface area (TPSA) is 79.8 Å². The van der Waals surface area contributed by atoms with Gasteiger partial charge in [0.25, 0.3) is 0 Å². The molecule has 1 amide bonds. The van der Waals surface area contributed by atoms with Crippen LogP contribution in [0.1, 0.15) is 38.3 Å². The van der Waals surface area contributed by atoms with Gasteiger partial charge in [0, 0.05) is 63.6 Å². The highest BCUT2D eigenvalue weighted by Crippen LogP contribution is 2.40. The molecular formula is C22H32F3N5O3. The van der Waals surface area contributed by atoms with E-state index in [2.05, 4.69) is 15.3 Å². The fraction of sp³-hybridized carbons (Fsp3) is 0.773. The van der Waals surface area contributed by atoms with Crippen molar-refractivity contribution >= 4 is 11.9 Å². The molecule has 3 heterocycles. The van der Waals surface area contributed by atoms with Crippen LogP contribution in [0.2, 0.25) is 0 Å². The Hall–Kier alpha value is -1.98. The largest absolute Gasteiger partial charge is 0.433 e. The second-order valence-electron chi connectivity index (χ2n) is 9.43. The van der Waals surface area contributed by atoms with Crippen molar-refractivity contribution in [3.63, 3.8) is 0 Å². The molecule has 1 N–H and O–H groups in total. The Bertz CT molecular complexity index is 834. The summed E-state index contributed by atoms with van der Waals surface area (Å²) in [4.78, 5) is 24.6. The van der Waals surface area contributed by atoms with Crippen LogP contribution < -0.4 is 10.2 Å². The number of rotatable bonds is 5. The number of methoxy groups -OCH3 is 1. The Morgan fingerprint density at radius 2 is 2.03 bits per heavy atom. The Labute approximate surface area is 191 Å². The van der Waals surface area contributed by atoms with E-state index in [0.717, 1.165) is 37.9 Å². The first-order chi connectivity index (χ1) is 15.7. The van der Waals surface area contributed by atoms with Gasteiger partial charge in [-0.3, -0.25) is 4.79 Å². The highest BCUT2D eigenvalue weighted by Gasteiger charge is 2.45. The number of nitrogens with zero attached hydrogens (tertiary/aromatic N) is 4. The third kappa shape index (κ3) is 5.41. The van der Waals surface area contributed by atoms with Gasteiger partial charge < -0.3 is 24.6 Å². The minimum Gasteiger partial charge on any atom is -0.379 e. The average molecular weight is 472 g/mol. The van der Waals surface area contributed by atoms with Gasteiger partial charge in [0.1, 0.15) is 5.69 Å². The molecular weight excluding hydrogens is 439 g/mol. The van der Waals surface area contributed by atoms with E-state index in [1.807, 2.05) is 11.8 Å². The molecule has 184 valence electrons. The lowest BCUT2D eigenvalue weighted by Crippen LogP contribution is -2.53. The molecule has 4 atom stereocenters. The Balaban J connectivity index is 1.31. The molecule has 1 aromatic rings. The molecule has 1 unspecified atom stereocenters. The molecule has 11 heteroatoms. The van der Waals surface area contributed by atoms with Gasteiger partial charge in [-0.2, -0.15) is 13.2 Å². The van der Waals surface area contributed by atoms with Crippen molar-refractivity contribution in [1.29, 1.82) is 0 Å². The van der Waals surface area contributed by atoms with Crippen molar-refractivity contribution in [2.75, 3.05) is 51.4 Å². The smallest absolute Gasteiger partial charge is 0.379 e. The Morgan fingerprint density at radius 3 is 2.73 bits per heavy atom. The zero-order chi connectivity index (χ0) is 23.6. The maximum atomic E-state index is 13.4. The molecule has 3 fully saturated rings. The molecule has 1 saturated carbocycles. The number of carbonyl (C=O) groups excluding carboxylic acids is 1. The number of hydrogen-bond donors (Lipinski definition) is 1. The monoisotopic (exact) mass is 471 g/mol. The number of piperazine rings is 1. The number of nitrogens with one attached hydrogen (secondary N) is 1. The van der Waals surface area contributed by atoms with Crippen LogP contribution in [0.15, 0.2) is 12.3 Å². The number of carbonyl (C=O) groups is 1. The quantitative estimate of drug-likeness (QED) is 0.705. The molecule has 0 bridgehead atoms. The SMILES string of the molecule is COC1COCC[C@H]1N[C@@H]1CC[C@](C)(C(=O)N2CCN(c3nccc(C(F)(F)F)n3)CC2)C1. The van der Waals surface area contributed by atoms with E-state index in [0.29, 0.717) is 39.4 Å². The fourth-order valence-corrected chi connectivity index (χ4v) is 5.16. The molecule has 2 aliphatic heterocycles. The summed E-state index contributed by atoms with van der Waals surface area (Å²) < 4.78 is 49.9. The summed E-state index contributed by atoms with van der Waals surface area (Å²) in [5, 5.41) is 3.69. The predicted molar refractivity (Wildman–Crippen MR) is 115 cm³/mol. The molecule has 4 rings (SSSR count). The first-order valence-corrected chi connectivity index (χ1v) is 11.5. The summed E-state index contributed by atoms with van der Waals surface area (Å²) in [6.07, 6.45) is 0.0190. The normalized spacial score (nSPS) is 31.1. The second kappa shape index (κ2) is 9.71. The number of hydrogen-bond acceptors (Lipinski definition) is 7. The minimum atomic E-state index is -4.51. The highest BCUT2D eigenvalue weighted by atomic mass is 19.4. The number of ether oxygens (including phenoxy) is 2.